The van der Waals surface area contributed by atoms with Crippen LogP contribution in [0, 0.1) is 17.3 Å². The third-order valence-electron chi connectivity index (χ3n) is 8.91. The summed E-state index contributed by atoms with van der Waals surface area (Å²) in [6.45, 7) is 2.64. The maximum absolute atomic E-state index is 12.1. The second-order valence-electron chi connectivity index (χ2n) is 10.3. The number of aldehydes is 1. The zero-order valence-electron chi connectivity index (χ0n) is 18.5. The van der Waals surface area contributed by atoms with Gasteiger partial charge in [0.05, 0.1) is 12.2 Å². The molecule has 1 N–H and O–H groups in total. The van der Waals surface area contributed by atoms with Gasteiger partial charge >= 0.3 is 0 Å². The number of hydrogen-bond donors (Lipinski definition) is 1. The van der Waals surface area contributed by atoms with E-state index in [1.807, 2.05) is 18.2 Å². The lowest BCUT2D eigenvalue weighted by Crippen LogP contribution is -2.53. The Bertz CT molecular complexity index is 971. The standard InChI is InChI=1S/C27H32O4/c1-26-14-23(18-5-3-17(15-28)4-6-18)25-21-10-8-20(29)13-19(21)7-9-22(25)24(26)11-12-27(26,30)16-31-2/h3-6,13,15,22-24,30H,7-12,14,16H2,1-2H3/t22-,23?,24-,26-,27+/m0/s1. The van der Waals surface area contributed by atoms with E-state index in [4.69, 9.17) is 4.74 Å². The summed E-state index contributed by atoms with van der Waals surface area (Å²) in [5, 5.41) is 11.7. The van der Waals surface area contributed by atoms with Crippen LogP contribution in [0.4, 0.5) is 0 Å². The minimum Gasteiger partial charge on any atom is -0.387 e. The summed E-state index contributed by atoms with van der Waals surface area (Å²) >= 11 is 0. The number of aliphatic hydroxyl groups is 1. The molecule has 5 atom stereocenters. The average Bonchev–Trinajstić information content (AvgIpc) is 3.03. The smallest absolute Gasteiger partial charge is 0.156 e. The van der Waals surface area contributed by atoms with E-state index in [0.717, 1.165) is 44.8 Å². The quantitative estimate of drug-likeness (QED) is 0.713. The zero-order valence-corrected chi connectivity index (χ0v) is 18.5. The van der Waals surface area contributed by atoms with E-state index >= 15 is 0 Å². The van der Waals surface area contributed by atoms with Gasteiger partial charge in [-0.1, -0.05) is 36.8 Å². The Morgan fingerprint density at radius 1 is 1.16 bits per heavy atom. The van der Waals surface area contributed by atoms with Gasteiger partial charge in [-0.2, -0.15) is 0 Å². The number of fused-ring (bicyclic) bond motifs is 4. The molecule has 164 valence electrons. The predicted molar refractivity (Wildman–Crippen MR) is 119 cm³/mol. The van der Waals surface area contributed by atoms with Crippen LogP contribution in [0.2, 0.25) is 0 Å². The van der Waals surface area contributed by atoms with Gasteiger partial charge in [0.25, 0.3) is 0 Å². The van der Waals surface area contributed by atoms with Crippen molar-refractivity contribution in [2.45, 2.75) is 63.4 Å². The van der Waals surface area contributed by atoms with Gasteiger partial charge in [0, 0.05) is 30.4 Å². The summed E-state index contributed by atoms with van der Waals surface area (Å²) in [6, 6.07) is 7.96. The molecule has 4 nitrogen and oxygen atoms in total. The molecule has 4 aliphatic rings. The van der Waals surface area contributed by atoms with Gasteiger partial charge in [0.1, 0.15) is 6.29 Å². The van der Waals surface area contributed by atoms with Crippen molar-refractivity contribution >= 4 is 12.1 Å². The van der Waals surface area contributed by atoms with Gasteiger partial charge in [-0.3, -0.25) is 9.59 Å². The molecule has 4 aliphatic carbocycles. The molecule has 0 heterocycles. The van der Waals surface area contributed by atoms with Crippen molar-refractivity contribution in [3.63, 3.8) is 0 Å². The molecular formula is C27H32O4. The number of allylic oxidation sites excluding steroid dienone is 4. The van der Waals surface area contributed by atoms with Crippen LogP contribution in [-0.4, -0.2) is 36.5 Å². The van der Waals surface area contributed by atoms with E-state index in [1.54, 1.807) is 7.11 Å². The first kappa shape index (κ1) is 20.8. The van der Waals surface area contributed by atoms with E-state index in [0.29, 0.717) is 30.4 Å². The second kappa shape index (κ2) is 7.53. The molecule has 2 fully saturated rings. The van der Waals surface area contributed by atoms with Crippen LogP contribution in [0.3, 0.4) is 0 Å². The molecule has 0 aromatic heterocycles. The van der Waals surface area contributed by atoms with Gasteiger partial charge in [0.15, 0.2) is 5.78 Å². The number of carbonyl (C=O) groups excluding carboxylic acids is 2. The first-order chi connectivity index (χ1) is 14.9. The fraction of sp³-hybridized carbons (Fsp3) is 0.556. The number of ether oxygens (including phenoxy) is 1. The van der Waals surface area contributed by atoms with Crippen LogP contribution in [0.25, 0.3) is 0 Å². The molecule has 5 rings (SSSR count). The van der Waals surface area contributed by atoms with Crippen molar-refractivity contribution < 1.29 is 19.4 Å². The van der Waals surface area contributed by atoms with Crippen molar-refractivity contribution in [2.24, 2.45) is 17.3 Å². The molecule has 1 unspecified atom stereocenters. The van der Waals surface area contributed by atoms with E-state index in [-0.39, 0.29) is 17.1 Å². The van der Waals surface area contributed by atoms with Gasteiger partial charge in [-0.15, -0.1) is 0 Å². The second-order valence-corrected chi connectivity index (χ2v) is 10.3. The molecule has 0 bridgehead atoms. The highest BCUT2D eigenvalue weighted by Crippen LogP contribution is 2.66. The Labute approximate surface area is 184 Å². The average molecular weight is 421 g/mol. The molecule has 0 aliphatic heterocycles. The monoisotopic (exact) mass is 420 g/mol. The highest BCUT2D eigenvalue weighted by molar-refractivity contribution is 5.93. The van der Waals surface area contributed by atoms with Gasteiger partial charge in [-0.25, -0.2) is 0 Å². The largest absolute Gasteiger partial charge is 0.387 e. The minimum absolute atomic E-state index is 0.195. The fourth-order valence-corrected chi connectivity index (χ4v) is 7.34. The van der Waals surface area contributed by atoms with E-state index < -0.39 is 5.60 Å². The molecule has 2 saturated carbocycles. The molecule has 0 spiro atoms. The van der Waals surface area contributed by atoms with Crippen LogP contribution in [0.5, 0.6) is 0 Å². The lowest BCUT2D eigenvalue weighted by Gasteiger charge is -2.54. The number of carbonyl (C=O) groups is 2. The Balaban J connectivity index is 1.66. The minimum atomic E-state index is -0.817. The lowest BCUT2D eigenvalue weighted by molar-refractivity contribution is -0.128. The number of methoxy groups -OCH3 is 1. The summed E-state index contributed by atoms with van der Waals surface area (Å²) < 4.78 is 5.50. The Morgan fingerprint density at radius 2 is 1.94 bits per heavy atom. The first-order valence-corrected chi connectivity index (χ1v) is 11.6. The molecule has 0 radical (unpaired) electrons. The van der Waals surface area contributed by atoms with Crippen LogP contribution >= 0.6 is 0 Å². The van der Waals surface area contributed by atoms with Gasteiger partial charge < -0.3 is 9.84 Å². The predicted octanol–water partition coefficient (Wildman–Crippen LogP) is 4.78. The summed E-state index contributed by atoms with van der Waals surface area (Å²) in [5.74, 6) is 1.31. The van der Waals surface area contributed by atoms with Crippen molar-refractivity contribution in [3.8, 4) is 0 Å². The van der Waals surface area contributed by atoms with Crippen molar-refractivity contribution in [3.05, 3.63) is 58.2 Å². The Kier molecular flexibility index (Phi) is 5.06. The molecule has 1 aromatic carbocycles. The number of ketones is 1. The molecule has 1 aromatic rings. The summed E-state index contributed by atoms with van der Waals surface area (Å²) in [4.78, 5) is 23.3. The number of hydrogen-bond acceptors (Lipinski definition) is 4. The highest BCUT2D eigenvalue weighted by atomic mass is 16.5. The molecule has 31 heavy (non-hydrogen) atoms. The third kappa shape index (κ3) is 3.10. The molecule has 0 amide bonds. The summed E-state index contributed by atoms with van der Waals surface area (Å²) in [7, 11) is 1.68. The van der Waals surface area contributed by atoms with E-state index in [9.17, 15) is 14.7 Å². The van der Waals surface area contributed by atoms with E-state index in [1.165, 1.54) is 22.3 Å². The fourth-order valence-electron chi connectivity index (χ4n) is 7.34. The van der Waals surface area contributed by atoms with Crippen LogP contribution in [0.1, 0.15) is 73.7 Å². The van der Waals surface area contributed by atoms with E-state index in [2.05, 4.69) is 19.1 Å². The van der Waals surface area contributed by atoms with Crippen LogP contribution in [0.15, 0.2) is 47.1 Å². The van der Waals surface area contributed by atoms with Crippen molar-refractivity contribution in [2.75, 3.05) is 13.7 Å². The maximum Gasteiger partial charge on any atom is 0.156 e. The number of rotatable bonds is 4. The molecule has 0 saturated heterocycles. The molecular weight excluding hydrogens is 388 g/mol. The Morgan fingerprint density at radius 3 is 2.65 bits per heavy atom. The zero-order chi connectivity index (χ0) is 21.8. The van der Waals surface area contributed by atoms with Gasteiger partial charge in [-0.05, 0) is 73.1 Å². The molecule has 4 heteroatoms. The first-order valence-electron chi connectivity index (χ1n) is 11.6. The highest BCUT2D eigenvalue weighted by Gasteiger charge is 2.62. The normalized spacial score (nSPS) is 37.1. The van der Waals surface area contributed by atoms with Crippen molar-refractivity contribution in [1.82, 2.24) is 0 Å². The summed E-state index contributed by atoms with van der Waals surface area (Å²) in [6.07, 6.45) is 8.88. The SMILES string of the molecule is COC[C@]1(O)CC[C@H]2[C@@H]3CCC4=CC(=O)CCC4=C3C(c3ccc(C=O)cc3)C[C@@]21C. The van der Waals surface area contributed by atoms with Crippen molar-refractivity contribution in [1.29, 1.82) is 0 Å². The topological polar surface area (TPSA) is 63.6 Å². The lowest BCUT2D eigenvalue weighted by atomic mass is 9.51. The van der Waals surface area contributed by atoms with Gasteiger partial charge in [0.2, 0.25) is 0 Å². The van der Waals surface area contributed by atoms with Crippen LogP contribution < -0.4 is 0 Å². The van der Waals surface area contributed by atoms with Crippen LogP contribution in [-0.2, 0) is 9.53 Å². The third-order valence-corrected chi connectivity index (χ3v) is 8.91. The number of benzene rings is 1. The maximum atomic E-state index is 12.1. The Hall–Kier alpha value is -2.04. The summed E-state index contributed by atoms with van der Waals surface area (Å²) in [5.41, 5.74) is 5.01.